The number of rotatable bonds is 6. The van der Waals surface area contributed by atoms with Gasteiger partial charge in [-0.1, -0.05) is 6.08 Å². The van der Waals surface area contributed by atoms with Gasteiger partial charge in [-0.05, 0) is 74.8 Å². The quantitative estimate of drug-likeness (QED) is 0.614. The van der Waals surface area contributed by atoms with Crippen molar-refractivity contribution >= 4 is 11.8 Å². The molecule has 0 aromatic heterocycles. The summed E-state index contributed by atoms with van der Waals surface area (Å²) in [7, 11) is 3.19. The summed E-state index contributed by atoms with van der Waals surface area (Å²) < 4.78 is 11.0. The summed E-state index contributed by atoms with van der Waals surface area (Å²) in [4.78, 5) is 30.9. The Morgan fingerprint density at radius 3 is 2.06 bits per heavy atom. The number of carbonyl (C=O) groups excluding carboxylic acids is 2. The fourth-order valence-corrected chi connectivity index (χ4v) is 7.48. The third kappa shape index (κ3) is 3.91. The largest absolute Gasteiger partial charge is 0.493 e. The molecule has 1 aliphatic heterocycles. The van der Waals surface area contributed by atoms with Gasteiger partial charge >= 0.3 is 0 Å². The molecule has 6 nitrogen and oxygen atoms in total. The van der Waals surface area contributed by atoms with Gasteiger partial charge in [0.05, 0.1) is 19.6 Å². The van der Waals surface area contributed by atoms with Gasteiger partial charge in [-0.3, -0.25) is 9.59 Å². The third-order valence-electron chi connectivity index (χ3n) is 8.51. The van der Waals surface area contributed by atoms with Crippen LogP contribution in [0.1, 0.15) is 54.4 Å². The van der Waals surface area contributed by atoms with Crippen LogP contribution in [0.4, 0.5) is 0 Å². The van der Waals surface area contributed by atoms with Crippen molar-refractivity contribution in [1.82, 2.24) is 9.80 Å². The first kappa shape index (κ1) is 22.3. The van der Waals surface area contributed by atoms with E-state index < -0.39 is 0 Å². The van der Waals surface area contributed by atoms with Crippen LogP contribution in [0.5, 0.6) is 11.5 Å². The monoisotopic (exact) mass is 452 g/mol. The smallest absolute Gasteiger partial charge is 0.254 e. The maximum Gasteiger partial charge on any atom is 0.254 e. The lowest BCUT2D eigenvalue weighted by atomic mass is 9.49. The van der Waals surface area contributed by atoms with Crippen molar-refractivity contribution in [2.24, 2.45) is 23.2 Å². The minimum Gasteiger partial charge on any atom is -0.493 e. The van der Waals surface area contributed by atoms with Crippen molar-refractivity contribution in [3.05, 3.63) is 35.9 Å². The minimum atomic E-state index is -0.107. The Morgan fingerprint density at radius 2 is 1.55 bits per heavy atom. The number of ether oxygens (including phenoxy) is 2. The van der Waals surface area contributed by atoms with Gasteiger partial charge < -0.3 is 19.3 Å². The van der Waals surface area contributed by atoms with Gasteiger partial charge in [-0.2, -0.15) is 0 Å². The Hall–Kier alpha value is -2.50. The highest BCUT2D eigenvalue weighted by Crippen LogP contribution is 2.60. The van der Waals surface area contributed by atoms with Crippen molar-refractivity contribution < 1.29 is 19.1 Å². The molecule has 178 valence electrons. The Morgan fingerprint density at radius 1 is 0.970 bits per heavy atom. The summed E-state index contributed by atoms with van der Waals surface area (Å²) in [6.45, 7) is 6.21. The number of benzene rings is 1. The van der Waals surface area contributed by atoms with Gasteiger partial charge in [-0.25, -0.2) is 0 Å². The maximum atomic E-state index is 13.7. The summed E-state index contributed by atoms with van der Waals surface area (Å²) in [6.07, 6.45) is 9.68. The summed E-state index contributed by atoms with van der Waals surface area (Å²) in [5.41, 5.74) is 1.36. The molecule has 1 aromatic carbocycles. The van der Waals surface area contributed by atoms with Crippen molar-refractivity contribution in [2.45, 2.75) is 44.9 Å². The molecule has 5 fully saturated rings. The number of methoxy groups -OCH3 is 2. The molecule has 0 radical (unpaired) electrons. The predicted molar refractivity (Wildman–Crippen MR) is 127 cm³/mol. The van der Waals surface area contributed by atoms with Gasteiger partial charge in [0.1, 0.15) is 0 Å². The molecule has 0 spiro atoms. The van der Waals surface area contributed by atoms with Crippen molar-refractivity contribution in [3.63, 3.8) is 0 Å². The van der Waals surface area contributed by atoms with E-state index in [1.165, 1.54) is 19.3 Å². The summed E-state index contributed by atoms with van der Waals surface area (Å²) in [6, 6.07) is 3.62. The lowest BCUT2D eigenvalue weighted by molar-refractivity contribution is -0.159. The van der Waals surface area contributed by atoms with E-state index in [-0.39, 0.29) is 11.3 Å². The molecule has 5 aliphatic rings. The molecule has 2 amide bonds. The number of amides is 2. The standard InChI is InChI=1S/C27H36N2O4/c1-4-5-21-13-22(14-23(32-2)24(21)33-3)25(30)28-6-8-29(9-7-28)26(31)27-15-18-10-19(16-27)12-20(11-18)17-27/h4,13-14,18-20H,1,5-12,15-17H2,2-3H3. The Labute approximate surface area is 196 Å². The average Bonchev–Trinajstić information content (AvgIpc) is 2.82. The second-order valence-electron chi connectivity index (χ2n) is 10.6. The zero-order chi connectivity index (χ0) is 23.2. The summed E-state index contributed by atoms with van der Waals surface area (Å²) in [5.74, 6) is 3.82. The number of carbonyl (C=O) groups is 2. The number of allylic oxidation sites excluding steroid dienone is 1. The van der Waals surface area contributed by atoms with Crippen LogP contribution < -0.4 is 9.47 Å². The highest BCUT2D eigenvalue weighted by Gasteiger charge is 2.55. The molecule has 4 bridgehead atoms. The molecule has 1 aromatic rings. The molecule has 4 aliphatic carbocycles. The van der Waals surface area contributed by atoms with Crippen LogP contribution in [0.2, 0.25) is 0 Å². The van der Waals surface area contributed by atoms with Crippen LogP contribution in [0.25, 0.3) is 0 Å². The molecule has 1 saturated heterocycles. The van der Waals surface area contributed by atoms with Crippen LogP contribution >= 0.6 is 0 Å². The van der Waals surface area contributed by atoms with Crippen LogP contribution in [0, 0.1) is 23.2 Å². The first-order valence-electron chi connectivity index (χ1n) is 12.4. The van der Waals surface area contributed by atoms with Crippen LogP contribution in [-0.4, -0.2) is 62.0 Å². The van der Waals surface area contributed by atoms with Crippen molar-refractivity contribution in [2.75, 3.05) is 40.4 Å². The Kier molecular flexibility index (Phi) is 5.87. The van der Waals surface area contributed by atoms with E-state index in [1.54, 1.807) is 26.4 Å². The van der Waals surface area contributed by atoms with Gasteiger partial charge in [0.15, 0.2) is 11.5 Å². The Bertz CT molecular complexity index is 912. The van der Waals surface area contributed by atoms with Gasteiger partial charge in [-0.15, -0.1) is 6.58 Å². The zero-order valence-corrected chi connectivity index (χ0v) is 20.0. The van der Waals surface area contributed by atoms with Crippen LogP contribution in [0.3, 0.4) is 0 Å². The highest BCUT2D eigenvalue weighted by atomic mass is 16.5. The lowest BCUT2D eigenvalue weighted by Gasteiger charge is -2.57. The number of hydrogen-bond acceptors (Lipinski definition) is 4. The van der Waals surface area contributed by atoms with Crippen molar-refractivity contribution in [1.29, 1.82) is 0 Å². The number of nitrogens with zero attached hydrogens (tertiary/aromatic N) is 2. The molecular formula is C27H36N2O4. The number of piperazine rings is 1. The Balaban J connectivity index is 1.27. The maximum absolute atomic E-state index is 13.7. The fourth-order valence-electron chi connectivity index (χ4n) is 7.48. The van der Waals surface area contributed by atoms with E-state index in [0.717, 1.165) is 42.6 Å². The van der Waals surface area contributed by atoms with E-state index in [2.05, 4.69) is 11.5 Å². The normalized spacial score (nSPS) is 30.3. The van der Waals surface area contributed by atoms with E-state index in [9.17, 15) is 9.59 Å². The summed E-state index contributed by atoms with van der Waals surface area (Å²) >= 11 is 0. The minimum absolute atomic E-state index is 0.0248. The van der Waals surface area contributed by atoms with Crippen LogP contribution in [-0.2, 0) is 11.2 Å². The molecule has 6 heteroatoms. The van der Waals surface area contributed by atoms with E-state index in [0.29, 0.717) is 55.6 Å². The van der Waals surface area contributed by atoms with E-state index in [1.807, 2.05) is 11.0 Å². The molecule has 1 heterocycles. The van der Waals surface area contributed by atoms with Gasteiger partial charge in [0, 0.05) is 37.3 Å². The third-order valence-corrected chi connectivity index (χ3v) is 8.51. The van der Waals surface area contributed by atoms with Gasteiger partial charge in [0.2, 0.25) is 5.91 Å². The first-order valence-corrected chi connectivity index (χ1v) is 12.4. The van der Waals surface area contributed by atoms with Crippen LogP contribution in [0.15, 0.2) is 24.8 Å². The molecule has 4 saturated carbocycles. The SMILES string of the molecule is C=CCc1cc(C(=O)N2CCN(C(=O)C34CC5CC(CC(C5)C3)C4)CC2)cc(OC)c1OC. The topological polar surface area (TPSA) is 59.1 Å². The van der Waals surface area contributed by atoms with Crippen molar-refractivity contribution in [3.8, 4) is 11.5 Å². The molecule has 6 rings (SSSR count). The molecule has 0 unspecified atom stereocenters. The summed E-state index contributed by atoms with van der Waals surface area (Å²) in [5, 5.41) is 0. The fraction of sp³-hybridized carbons (Fsp3) is 0.630. The number of hydrogen-bond donors (Lipinski definition) is 0. The highest BCUT2D eigenvalue weighted by molar-refractivity contribution is 5.95. The van der Waals surface area contributed by atoms with E-state index in [4.69, 9.17) is 9.47 Å². The molecule has 33 heavy (non-hydrogen) atoms. The predicted octanol–water partition coefficient (Wildman–Crippen LogP) is 3.93. The van der Waals surface area contributed by atoms with E-state index >= 15 is 0 Å². The molecule has 0 N–H and O–H groups in total. The second kappa shape index (κ2) is 8.69. The zero-order valence-electron chi connectivity index (χ0n) is 20.0. The average molecular weight is 453 g/mol. The van der Waals surface area contributed by atoms with Gasteiger partial charge in [0.25, 0.3) is 5.91 Å². The first-order chi connectivity index (χ1) is 16.0. The lowest BCUT2D eigenvalue weighted by Crippen LogP contribution is -2.58. The molecule has 0 atom stereocenters. The molecular weight excluding hydrogens is 416 g/mol. The second-order valence-corrected chi connectivity index (χ2v) is 10.6.